The predicted octanol–water partition coefficient (Wildman–Crippen LogP) is 3.74. The molecular formula is C10H8Cl3NO2. The van der Waals surface area contributed by atoms with Gasteiger partial charge in [-0.05, 0) is 17.7 Å². The third kappa shape index (κ3) is 4.00. The van der Waals surface area contributed by atoms with Crippen LogP contribution >= 0.6 is 34.8 Å². The second-order valence-electron chi connectivity index (χ2n) is 2.91. The summed E-state index contributed by atoms with van der Waals surface area (Å²) in [6, 6.07) is 6.79. The molecule has 0 N–H and O–H groups in total. The average molecular weight is 281 g/mol. The van der Waals surface area contributed by atoms with Crippen LogP contribution in [0.25, 0.3) is 0 Å². The Morgan fingerprint density at radius 1 is 1.38 bits per heavy atom. The highest BCUT2D eigenvalue weighted by Gasteiger charge is 2.14. The van der Waals surface area contributed by atoms with Crippen molar-refractivity contribution in [1.82, 2.24) is 0 Å². The van der Waals surface area contributed by atoms with Crippen molar-refractivity contribution < 1.29 is 9.63 Å². The summed E-state index contributed by atoms with van der Waals surface area (Å²) < 4.78 is 0. The van der Waals surface area contributed by atoms with Gasteiger partial charge in [0.1, 0.15) is 5.38 Å². The minimum atomic E-state index is -0.668. The Balaban J connectivity index is 2.77. The molecule has 0 spiro atoms. The van der Waals surface area contributed by atoms with Crippen molar-refractivity contribution in [3.05, 3.63) is 34.9 Å². The van der Waals surface area contributed by atoms with Gasteiger partial charge in [0.2, 0.25) is 0 Å². The average Bonchev–Trinajstić information content (AvgIpc) is 2.26. The molecule has 1 atom stereocenters. The topological polar surface area (TPSA) is 38.7 Å². The van der Waals surface area contributed by atoms with E-state index in [9.17, 15) is 4.79 Å². The quantitative estimate of drug-likeness (QED) is 0.366. The van der Waals surface area contributed by atoms with Crippen LogP contribution in [0.4, 0.5) is 0 Å². The lowest BCUT2D eigenvalue weighted by Crippen LogP contribution is -2.02. The van der Waals surface area contributed by atoms with E-state index in [1.54, 1.807) is 24.3 Å². The third-order valence-corrected chi connectivity index (χ3v) is 2.74. The number of benzene rings is 1. The highest BCUT2D eigenvalue weighted by molar-refractivity contribution is 6.70. The fraction of sp³-hybridized carbons (Fsp3) is 0.200. The number of carbonyl (C=O) groups is 1. The summed E-state index contributed by atoms with van der Waals surface area (Å²) >= 11 is 17.5. The van der Waals surface area contributed by atoms with E-state index in [1.807, 2.05) is 0 Å². The van der Waals surface area contributed by atoms with E-state index >= 15 is 0 Å². The second-order valence-corrected chi connectivity index (χ2v) is 4.17. The Labute approximate surface area is 108 Å². The maximum Gasteiger partial charge on any atom is 0.332 e. The normalized spacial score (nSPS) is 13.4. The molecule has 0 aromatic heterocycles. The fourth-order valence-corrected chi connectivity index (χ4v) is 1.40. The summed E-state index contributed by atoms with van der Waals surface area (Å²) in [6.07, 6.45) is 0. The Bertz CT molecular complexity index is 403. The molecule has 3 nitrogen and oxygen atoms in total. The van der Waals surface area contributed by atoms with Crippen LogP contribution in [-0.2, 0) is 9.63 Å². The van der Waals surface area contributed by atoms with Crippen molar-refractivity contribution >= 4 is 45.9 Å². The van der Waals surface area contributed by atoms with Gasteiger partial charge < -0.3 is 4.84 Å². The molecule has 0 aliphatic rings. The van der Waals surface area contributed by atoms with Crippen LogP contribution in [0.5, 0.6) is 0 Å². The summed E-state index contributed by atoms with van der Waals surface area (Å²) in [4.78, 5) is 14.9. The van der Waals surface area contributed by atoms with Crippen molar-refractivity contribution in [3.63, 3.8) is 0 Å². The molecule has 0 amide bonds. The maximum absolute atomic E-state index is 10.5. The second kappa shape index (κ2) is 6.09. The van der Waals surface area contributed by atoms with E-state index in [0.717, 1.165) is 0 Å². The zero-order chi connectivity index (χ0) is 12.1. The first-order valence-corrected chi connectivity index (χ1v) is 5.50. The lowest BCUT2D eigenvalue weighted by molar-refractivity contribution is -0.140. The van der Waals surface area contributed by atoms with Crippen LogP contribution in [-0.4, -0.2) is 11.1 Å². The first-order chi connectivity index (χ1) is 7.50. The lowest BCUT2D eigenvalue weighted by Gasteiger charge is -2.06. The molecule has 0 saturated carbocycles. The van der Waals surface area contributed by atoms with E-state index in [0.29, 0.717) is 10.6 Å². The number of oxime groups is 1. The smallest absolute Gasteiger partial charge is 0.317 e. The van der Waals surface area contributed by atoms with E-state index in [4.69, 9.17) is 34.8 Å². The number of hydrogen-bond acceptors (Lipinski definition) is 3. The largest absolute Gasteiger partial charge is 0.332 e. The predicted molar refractivity (Wildman–Crippen MR) is 65.1 cm³/mol. The van der Waals surface area contributed by atoms with Gasteiger partial charge in [-0.3, -0.25) is 0 Å². The van der Waals surface area contributed by atoms with Gasteiger partial charge in [-0.25, -0.2) is 4.79 Å². The number of nitrogens with zero attached hydrogens (tertiary/aromatic N) is 1. The van der Waals surface area contributed by atoms with Crippen molar-refractivity contribution in [3.8, 4) is 0 Å². The Morgan fingerprint density at radius 2 is 1.94 bits per heavy atom. The fourth-order valence-electron chi connectivity index (χ4n) is 0.923. The number of carbonyl (C=O) groups excluding carboxylic acids is 1. The molecule has 1 rings (SSSR count). The van der Waals surface area contributed by atoms with Crippen molar-refractivity contribution in [2.24, 2.45) is 5.16 Å². The number of halogens is 3. The zero-order valence-electron chi connectivity index (χ0n) is 8.28. The molecule has 0 fully saturated rings. The molecule has 0 heterocycles. The first-order valence-electron chi connectivity index (χ1n) is 4.31. The maximum atomic E-state index is 10.5. The van der Waals surface area contributed by atoms with E-state index in [1.165, 1.54) is 6.92 Å². The van der Waals surface area contributed by atoms with Crippen LogP contribution in [0.15, 0.2) is 29.4 Å². The lowest BCUT2D eigenvalue weighted by atomic mass is 10.2. The van der Waals surface area contributed by atoms with Crippen LogP contribution in [0.3, 0.4) is 0 Å². The SMILES string of the molecule is CC(=O)O/N=C(\Cl)C(Cl)c1ccc(Cl)cc1. The van der Waals surface area contributed by atoms with Gasteiger partial charge >= 0.3 is 5.97 Å². The molecule has 0 bridgehead atoms. The molecular weight excluding hydrogens is 272 g/mol. The zero-order valence-corrected chi connectivity index (χ0v) is 10.6. The van der Waals surface area contributed by atoms with E-state index in [-0.39, 0.29) is 5.17 Å². The Morgan fingerprint density at radius 3 is 2.44 bits per heavy atom. The first kappa shape index (κ1) is 13.3. The van der Waals surface area contributed by atoms with Crippen LogP contribution < -0.4 is 0 Å². The molecule has 0 aliphatic heterocycles. The van der Waals surface area contributed by atoms with Gasteiger partial charge in [0.05, 0.1) is 0 Å². The molecule has 16 heavy (non-hydrogen) atoms. The molecule has 1 aromatic carbocycles. The minimum absolute atomic E-state index is 0.0146. The molecule has 1 aromatic rings. The number of hydrogen-bond donors (Lipinski definition) is 0. The summed E-state index contributed by atoms with van der Waals surface area (Å²) in [7, 11) is 0. The van der Waals surface area contributed by atoms with Gasteiger partial charge in [0.25, 0.3) is 0 Å². The summed E-state index contributed by atoms with van der Waals surface area (Å²) in [6.45, 7) is 1.22. The number of rotatable bonds is 3. The van der Waals surface area contributed by atoms with Gasteiger partial charge in [-0.1, -0.05) is 40.5 Å². The van der Waals surface area contributed by atoms with Crippen molar-refractivity contribution in [2.45, 2.75) is 12.3 Å². The van der Waals surface area contributed by atoms with Gasteiger partial charge in [0, 0.05) is 11.9 Å². The van der Waals surface area contributed by atoms with Gasteiger partial charge in [-0.15, -0.1) is 11.6 Å². The Hall–Kier alpha value is -0.770. The monoisotopic (exact) mass is 279 g/mol. The summed E-state index contributed by atoms with van der Waals surface area (Å²) in [5.74, 6) is -0.557. The number of alkyl halides is 1. The van der Waals surface area contributed by atoms with Gasteiger partial charge in [-0.2, -0.15) is 0 Å². The highest BCUT2D eigenvalue weighted by atomic mass is 35.5. The molecule has 6 heteroatoms. The Kier molecular flexibility index (Phi) is 5.06. The van der Waals surface area contributed by atoms with Gasteiger partial charge in [0.15, 0.2) is 5.17 Å². The van der Waals surface area contributed by atoms with Crippen molar-refractivity contribution in [2.75, 3.05) is 0 Å². The molecule has 0 saturated heterocycles. The minimum Gasteiger partial charge on any atom is -0.317 e. The van der Waals surface area contributed by atoms with E-state index in [2.05, 4.69) is 9.99 Å². The molecule has 1 unspecified atom stereocenters. The van der Waals surface area contributed by atoms with Crippen LogP contribution in [0, 0.1) is 0 Å². The third-order valence-electron chi connectivity index (χ3n) is 1.63. The summed E-state index contributed by atoms with van der Waals surface area (Å²) in [5, 5.41) is 3.30. The van der Waals surface area contributed by atoms with E-state index < -0.39 is 11.3 Å². The molecule has 0 aliphatic carbocycles. The van der Waals surface area contributed by atoms with Crippen LogP contribution in [0.1, 0.15) is 17.9 Å². The van der Waals surface area contributed by atoms with Crippen molar-refractivity contribution in [1.29, 1.82) is 0 Å². The molecule has 0 radical (unpaired) electrons. The standard InChI is InChI=1S/C10H8Cl3NO2/c1-6(15)16-14-10(13)9(12)7-2-4-8(11)5-3-7/h2-5,9H,1H3/b14-10-. The van der Waals surface area contributed by atoms with Crippen LogP contribution in [0.2, 0.25) is 5.02 Å². The highest BCUT2D eigenvalue weighted by Crippen LogP contribution is 2.25. The summed E-state index contributed by atoms with van der Waals surface area (Å²) in [5.41, 5.74) is 0.715. The molecule has 86 valence electrons.